The number of benzene rings is 1. The SMILES string of the molecule is Cc1nn(CC(=O)Nc2ncn(Cc3ccc(Cl)c(Cl)c3)n2)cc1[N+](=O)[O-]. The predicted molar refractivity (Wildman–Crippen MR) is 97.8 cm³/mol. The first-order valence-electron chi connectivity index (χ1n) is 7.63. The maximum Gasteiger partial charge on any atom is 0.309 e. The van der Waals surface area contributed by atoms with Crippen molar-refractivity contribution in [3.63, 3.8) is 0 Å². The van der Waals surface area contributed by atoms with Crippen LogP contribution in [0.2, 0.25) is 10.0 Å². The highest BCUT2D eigenvalue weighted by Crippen LogP contribution is 2.23. The van der Waals surface area contributed by atoms with Crippen LogP contribution in [0.4, 0.5) is 11.6 Å². The van der Waals surface area contributed by atoms with Gasteiger partial charge in [-0.15, -0.1) is 5.10 Å². The molecule has 0 atom stereocenters. The molecular formula is C15H13Cl2N7O3. The van der Waals surface area contributed by atoms with E-state index in [2.05, 4.69) is 20.5 Å². The van der Waals surface area contributed by atoms with Gasteiger partial charge in [0.25, 0.3) is 0 Å². The Labute approximate surface area is 162 Å². The summed E-state index contributed by atoms with van der Waals surface area (Å²) >= 11 is 11.9. The molecule has 3 rings (SSSR count). The van der Waals surface area contributed by atoms with Crippen molar-refractivity contribution in [2.75, 3.05) is 5.32 Å². The number of nitro groups is 1. The fraction of sp³-hybridized carbons (Fsp3) is 0.200. The molecule has 0 saturated heterocycles. The van der Waals surface area contributed by atoms with Gasteiger partial charge in [0.05, 0.1) is 21.5 Å². The maximum absolute atomic E-state index is 12.1. The van der Waals surface area contributed by atoms with Crippen LogP contribution in [0.25, 0.3) is 0 Å². The number of rotatable bonds is 6. The highest BCUT2D eigenvalue weighted by Gasteiger charge is 2.17. The molecule has 3 aromatic rings. The number of hydrogen-bond acceptors (Lipinski definition) is 6. The maximum atomic E-state index is 12.1. The second-order valence-electron chi connectivity index (χ2n) is 5.62. The number of nitrogens with zero attached hydrogens (tertiary/aromatic N) is 6. The number of aryl methyl sites for hydroxylation is 1. The minimum atomic E-state index is -0.553. The summed E-state index contributed by atoms with van der Waals surface area (Å²) in [6.45, 7) is 1.69. The van der Waals surface area contributed by atoms with Crippen molar-refractivity contribution in [1.29, 1.82) is 0 Å². The number of aromatic nitrogens is 5. The number of amides is 1. The van der Waals surface area contributed by atoms with Gasteiger partial charge in [-0.1, -0.05) is 29.3 Å². The Morgan fingerprint density at radius 3 is 2.70 bits per heavy atom. The molecule has 10 nitrogen and oxygen atoms in total. The van der Waals surface area contributed by atoms with Crippen molar-refractivity contribution >= 4 is 40.7 Å². The third-order valence-electron chi connectivity index (χ3n) is 3.54. The van der Waals surface area contributed by atoms with Gasteiger partial charge in [-0.3, -0.25) is 24.9 Å². The number of anilines is 1. The molecule has 2 aromatic heterocycles. The first-order valence-corrected chi connectivity index (χ1v) is 8.39. The molecule has 0 saturated carbocycles. The Morgan fingerprint density at radius 2 is 2.04 bits per heavy atom. The van der Waals surface area contributed by atoms with Gasteiger partial charge < -0.3 is 0 Å². The van der Waals surface area contributed by atoms with Crippen LogP contribution in [0.15, 0.2) is 30.7 Å². The molecule has 140 valence electrons. The Balaban J connectivity index is 1.61. The number of carbonyl (C=O) groups excluding carboxylic acids is 1. The minimum Gasteiger partial charge on any atom is -0.292 e. The molecular weight excluding hydrogens is 397 g/mol. The van der Waals surface area contributed by atoms with E-state index in [1.165, 1.54) is 28.8 Å². The van der Waals surface area contributed by atoms with E-state index >= 15 is 0 Å². The lowest BCUT2D eigenvalue weighted by Crippen LogP contribution is -2.20. The third kappa shape index (κ3) is 4.60. The summed E-state index contributed by atoms with van der Waals surface area (Å²) in [7, 11) is 0. The van der Waals surface area contributed by atoms with Crippen LogP contribution >= 0.6 is 23.2 Å². The number of hydrogen-bond donors (Lipinski definition) is 1. The van der Waals surface area contributed by atoms with Crippen LogP contribution < -0.4 is 5.32 Å². The molecule has 0 aliphatic heterocycles. The zero-order valence-electron chi connectivity index (χ0n) is 14.0. The lowest BCUT2D eigenvalue weighted by molar-refractivity contribution is -0.385. The van der Waals surface area contributed by atoms with E-state index in [1.807, 2.05) is 0 Å². The quantitative estimate of drug-likeness (QED) is 0.493. The number of carbonyl (C=O) groups is 1. The Hall–Kier alpha value is -2.98. The Morgan fingerprint density at radius 1 is 1.26 bits per heavy atom. The second kappa shape index (κ2) is 7.72. The molecule has 1 aromatic carbocycles. The van der Waals surface area contributed by atoms with Crippen molar-refractivity contribution in [2.45, 2.75) is 20.0 Å². The molecule has 2 heterocycles. The molecule has 0 aliphatic carbocycles. The van der Waals surface area contributed by atoms with Crippen LogP contribution in [0.3, 0.4) is 0 Å². The molecule has 0 fully saturated rings. The average molecular weight is 410 g/mol. The van der Waals surface area contributed by atoms with Gasteiger partial charge in [0.1, 0.15) is 24.8 Å². The molecule has 0 bridgehead atoms. The van der Waals surface area contributed by atoms with Crippen LogP contribution in [-0.2, 0) is 17.9 Å². The van der Waals surface area contributed by atoms with E-state index in [4.69, 9.17) is 23.2 Å². The monoisotopic (exact) mass is 409 g/mol. The molecule has 0 aliphatic rings. The van der Waals surface area contributed by atoms with Gasteiger partial charge in [-0.2, -0.15) is 5.10 Å². The largest absolute Gasteiger partial charge is 0.309 e. The summed E-state index contributed by atoms with van der Waals surface area (Å²) in [6, 6.07) is 5.21. The van der Waals surface area contributed by atoms with E-state index in [1.54, 1.807) is 18.2 Å². The fourth-order valence-electron chi connectivity index (χ4n) is 2.33. The number of halogens is 2. The normalized spacial score (nSPS) is 10.8. The summed E-state index contributed by atoms with van der Waals surface area (Å²) in [6.07, 6.45) is 2.66. The summed E-state index contributed by atoms with van der Waals surface area (Å²) in [5.41, 5.74) is 0.954. The molecule has 0 spiro atoms. The van der Waals surface area contributed by atoms with Gasteiger partial charge in [-0.05, 0) is 24.6 Å². The molecule has 1 N–H and O–H groups in total. The highest BCUT2D eigenvalue weighted by atomic mass is 35.5. The van der Waals surface area contributed by atoms with Crippen molar-refractivity contribution in [3.8, 4) is 0 Å². The van der Waals surface area contributed by atoms with E-state index in [0.29, 0.717) is 16.6 Å². The standard InChI is InChI=1S/C15H13Cl2N7O3/c1-9-13(24(26)27)6-22(20-9)7-14(25)19-15-18-8-23(21-15)5-10-2-3-11(16)12(17)4-10/h2-4,6,8H,5,7H2,1H3,(H,19,21,25). The first-order chi connectivity index (χ1) is 12.8. The van der Waals surface area contributed by atoms with Crippen molar-refractivity contribution in [2.24, 2.45) is 0 Å². The molecule has 12 heteroatoms. The lowest BCUT2D eigenvalue weighted by Gasteiger charge is -2.03. The van der Waals surface area contributed by atoms with Crippen LogP contribution in [0.5, 0.6) is 0 Å². The summed E-state index contributed by atoms with van der Waals surface area (Å²) in [5.74, 6) is -0.349. The minimum absolute atomic E-state index is 0.110. The zero-order chi connectivity index (χ0) is 19.6. The van der Waals surface area contributed by atoms with Gasteiger partial charge in [0.2, 0.25) is 11.9 Å². The zero-order valence-corrected chi connectivity index (χ0v) is 15.5. The van der Waals surface area contributed by atoms with Crippen LogP contribution in [0.1, 0.15) is 11.3 Å². The molecule has 27 heavy (non-hydrogen) atoms. The van der Waals surface area contributed by atoms with Crippen molar-refractivity contribution in [1.82, 2.24) is 24.5 Å². The Bertz CT molecular complexity index is 1010. The smallest absolute Gasteiger partial charge is 0.292 e. The van der Waals surface area contributed by atoms with E-state index in [9.17, 15) is 14.9 Å². The van der Waals surface area contributed by atoms with E-state index in [-0.39, 0.29) is 23.9 Å². The van der Waals surface area contributed by atoms with Gasteiger partial charge >= 0.3 is 5.69 Å². The predicted octanol–water partition coefficient (Wildman–Crippen LogP) is 2.69. The van der Waals surface area contributed by atoms with Gasteiger partial charge in [-0.25, -0.2) is 9.67 Å². The molecule has 1 amide bonds. The summed E-state index contributed by atoms with van der Waals surface area (Å²) in [4.78, 5) is 26.3. The third-order valence-corrected chi connectivity index (χ3v) is 4.28. The summed E-state index contributed by atoms with van der Waals surface area (Å²) in [5, 5.41) is 22.3. The first kappa shape index (κ1) is 18.8. The lowest BCUT2D eigenvalue weighted by atomic mass is 10.2. The van der Waals surface area contributed by atoms with Gasteiger partial charge in [0.15, 0.2) is 0 Å². The summed E-state index contributed by atoms with van der Waals surface area (Å²) < 4.78 is 2.72. The highest BCUT2D eigenvalue weighted by molar-refractivity contribution is 6.42. The van der Waals surface area contributed by atoms with Crippen molar-refractivity contribution < 1.29 is 9.72 Å². The second-order valence-corrected chi connectivity index (χ2v) is 6.43. The van der Waals surface area contributed by atoms with Crippen LogP contribution in [0, 0.1) is 17.0 Å². The molecule has 0 radical (unpaired) electrons. The average Bonchev–Trinajstić information content (AvgIpc) is 3.17. The Kier molecular flexibility index (Phi) is 5.38. The number of nitrogens with one attached hydrogen (secondary N) is 1. The molecule has 0 unspecified atom stereocenters. The fourth-order valence-corrected chi connectivity index (χ4v) is 2.65. The van der Waals surface area contributed by atoms with E-state index in [0.717, 1.165) is 5.56 Å². The van der Waals surface area contributed by atoms with E-state index < -0.39 is 10.8 Å². The van der Waals surface area contributed by atoms with Crippen LogP contribution in [-0.4, -0.2) is 35.4 Å². The van der Waals surface area contributed by atoms with Crippen molar-refractivity contribution in [3.05, 3.63) is 62.1 Å². The topological polar surface area (TPSA) is 121 Å². The van der Waals surface area contributed by atoms with Gasteiger partial charge in [0, 0.05) is 0 Å².